The summed E-state index contributed by atoms with van der Waals surface area (Å²) in [5.41, 5.74) is 0.0678. The Hall–Kier alpha value is -2.65. The second-order valence-electron chi connectivity index (χ2n) is 8.92. The first-order chi connectivity index (χ1) is 15.8. The molecule has 1 aliphatic carbocycles. The summed E-state index contributed by atoms with van der Waals surface area (Å²) >= 11 is 0. The van der Waals surface area contributed by atoms with Gasteiger partial charge in [-0.25, -0.2) is 4.39 Å². The molecule has 0 amide bonds. The summed E-state index contributed by atoms with van der Waals surface area (Å²) in [5.74, 6) is 0.261. The highest BCUT2D eigenvalue weighted by Crippen LogP contribution is 2.59. The minimum Gasteiger partial charge on any atom is -0.464 e. The molecule has 0 unspecified atom stereocenters. The summed E-state index contributed by atoms with van der Waals surface area (Å²) in [5, 5.41) is 8.32. The molecule has 0 radical (unpaired) electrons. The third-order valence-corrected chi connectivity index (χ3v) is 6.77. The van der Waals surface area contributed by atoms with Crippen molar-refractivity contribution in [2.75, 3.05) is 26.2 Å². The zero-order valence-electron chi connectivity index (χ0n) is 18.6. The molecule has 1 aliphatic heterocycles. The summed E-state index contributed by atoms with van der Waals surface area (Å²) in [4.78, 5) is 2.24. The average molecular weight is 497 g/mol. The first-order valence-corrected chi connectivity index (χ1v) is 11.0. The van der Waals surface area contributed by atoms with Gasteiger partial charge in [-0.15, -0.1) is 17.5 Å². The fraction of sp³-hybridized carbons (Fsp3) is 0.417. The molecule has 182 valence electrons. The molecule has 34 heavy (non-hydrogen) atoms. The summed E-state index contributed by atoms with van der Waals surface area (Å²) in [6, 6.07) is 13.1. The number of fused-ring (bicyclic) bond motifs is 1. The molecule has 2 atom stereocenters. The predicted octanol–water partition coefficient (Wildman–Crippen LogP) is 5.10. The number of alkyl halides is 3. The largest absolute Gasteiger partial charge is 0.464 e. The first-order valence-electron chi connectivity index (χ1n) is 11.0. The molecular weight excluding hydrogens is 472 g/mol. The number of halogens is 5. The lowest BCUT2D eigenvalue weighted by Crippen LogP contribution is -2.29. The lowest BCUT2D eigenvalue weighted by atomic mass is 9.93. The Kier molecular flexibility index (Phi) is 6.61. The number of rotatable bonds is 7. The van der Waals surface area contributed by atoms with Crippen molar-refractivity contribution >= 4 is 12.4 Å². The maximum absolute atomic E-state index is 14.5. The van der Waals surface area contributed by atoms with E-state index in [0.29, 0.717) is 30.8 Å². The average Bonchev–Trinajstić information content (AvgIpc) is 3.15. The van der Waals surface area contributed by atoms with E-state index in [-0.39, 0.29) is 23.7 Å². The van der Waals surface area contributed by atoms with Crippen LogP contribution in [-0.4, -0.2) is 45.9 Å². The van der Waals surface area contributed by atoms with E-state index in [2.05, 4.69) is 15.1 Å². The smallest absolute Gasteiger partial charge is 0.416 e. The van der Waals surface area contributed by atoms with Crippen LogP contribution in [0.5, 0.6) is 6.01 Å². The van der Waals surface area contributed by atoms with E-state index in [0.717, 1.165) is 43.4 Å². The fourth-order valence-corrected chi connectivity index (χ4v) is 5.00. The molecular formula is C24H25ClF4N4O. The van der Waals surface area contributed by atoms with Gasteiger partial charge in [0.1, 0.15) is 5.82 Å². The van der Waals surface area contributed by atoms with Crippen LogP contribution in [0.3, 0.4) is 0 Å². The summed E-state index contributed by atoms with van der Waals surface area (Å²) < 4.78 is 60.7. The van der Waals surface area contributed by atoms with Crippen molar-refractivity contribution in [1.29, 1.82) is 0 Å². The quantitative estimate of drug-likeness (QED) is 0.337. The van der Waals surface area contributed by atoms with Gasteiger partial charge in [0, 0.05) is 37.7 Å². The normalized spacial score (nSPS) is 21.7. The minimum absolute atomic E-state index is 0. The summed E-state index contributed by atoms with van der Waals surface area (Å²) in [6.07, 6.45) is -2.96. The van der Waals surface area contributed by atoms with E-state index in [4.69, 9.17) is 4.74 Å². The Labute approximate surface area is 201 Å². The molecule has 2 heterocycles. The van der Waals surface area contributed by atoms with Crippen LogP contribution >= 0.6 is 12.4 Å². The summed E-state index contributed by atoms with van der Waals surface area (Å²) in [6.45, 7) is 2.71. The topological polar surface area (TPSA) is 43.2 Å². The van der Waals surface area contributed by atoms with E-state index < -0.39 is 17.6 Å². The number of hydrogen-bond donors (Lipinski definition) is 0. The van der Waals surface area contributed by atoms with Gasteiger partial charge in [-0.3, -0.25) is 4.57 Å². The Bertz CT molecular complexity index is 1150. The van der Waals surface area contributed by atoms with Crippen molar-refractivity contribution < 1.29 is 22.3 Å². The van der Waals surface area contributed by atoms with E-state index >= 15 is 0 Å². The van der Waals surface area contributed by atoms with Crippen LogP contribution in [0.15, 0.2) is 48.5 Å². The minimum atomic E-state index is -4.54. The van der Waals surface area contributed by atoms with Gasteiger partial charge in [-0.2, -0.15) is 13.2 Å². The predicted molar refractivity (Wildman–Crippen MR) is 121 cm³/mol. The first kappa shape index (κ1) is 24.5. The number of aromatic nitrogens is 3. The Morgan fingerprint density at radius 3 is 2.59 bits per heavy atom. The lowest BCUT2D eigenvalue weighted by Gasteiger charge is -2.21. The van der Waals surface area contributed by atoms with Crippen LogP contribution < -0.4 is 4.74 Å². The van der Waals surface area contributed by atoms with Crippen LogP contribution in [-0.2, 0) is 18.6 Å². The van der Waals surface area contributed by atoms with E-state index in [9.17, 15) is 17.6 Å². The lowest BCUT2D eigenvalue weighted by molar-refractivity contribution is -0.137. The molecule has 1 saturated carbocycles. The van der Waals surface area contributed by atoms with E-state index in [1.807, 2.05) is 41.9 Å². The van der Waals surface area contributed by atoms with Crippen molar-refractivity contribution in [2.45, 2.75) is 24.4 Å². The number of likely N-dealkylation sites (tertiary alicyclic amines) is 1. The molecule has 2 aliphatic rings. The molecule has 10 heteroatoms. The van der Waals surface area contributed by atoms with Crippen molar-refractivity contribution in [3.05, 3.63) is 65.5 Å². The third-order valence-electron chi connectivity index (χ3n) is 6.77. The molecule has 3 aromatic rings. The standard InChI is InChI=1S/C24H24F4N4O.ClH/c1-31-21(16-6-3-2-4-7-16)29-30-22(31)33-11-5-10-32-14-18-13-23(18,15-32)19-9-8-17(12-20(19)25)24(26,27)28;/h2-4,6-9,12,18H,5,10-11,13-15H2,1H3;1H/t18-,23-;/m0./s1. The molecule has 1 saturated heterocycles. The molecule has 2 aromatic carbocycles. The number of nitrogens with zero attached hydrogens (tertiary/aromatic N) is 4. The molecule has 2 fully saturated rings. The monoisotopic (exact) mass is 496 g/mol. The van der Waals surface area contributed by atoms with Gasteiger partial charge in [0.05, 0.1) is 12.2 Å². The highest BCUT2D eigenvalue weighted by atomic mass is 35.5. The SMILES string of the molecule is Cl.Cn1c(OCCCN2C[C@@H]3C[C@]3(c3ccc(C(F)(F)F)cc3F)C2)nnc1-c1ccccc1. The number of hydrogen-bond acceptors (Lipinski definition) is 4. The zero-order valence-corrected chi connectivity index (χ0v) is 19.4. The van der Waals surface area contributed by atoms with E-state index in [1.54, 1.807) is 0 Å². The number of benzene rings is 2. The molecule has 0 N–H and O–H groups in total. The molecule has 0 bridgehead atoms. The van der Waals surface area contributed by atoms with Crippen LogP contribution in [0.1, 0.15) is 24.0 Å². The van der Waals surface area contributed by atoms with Crippen molar-refractivity contribution in [3.8, 4) is 17.4 Å². The maximum atomic E-state index is 14.5. The van der Waals surface area contributed by atoms with Crippen LogP contribution in [0.25, 0.3) is 11.4 Å². The van der Waals surface area contributed by atoms with Crippen molar-refractivity contribution in [3.63, 3.8) is 0 Å². The van der Waals surface area contributed by atoms with Gasteiger partial charge in [-0.05, 0) is 36.5 Å². The van der Waals surface area contributed by atoms with Crippen LogP contribution in [0.2, 0.25) is 0 Å². The van der Waals surface area contributed by atoms with Gasteiger partial charge in [-0.1, -0.05) is 41.5 Å². The molecule has 1 aromatic heterocycles. The second kappa shape index (κ2) is 9.19. The molecule has 5 nitrogen and oxygen atoms in total. The van der Waals surface area contributed by atoms with Crippen LogP contribution in [0, 0.1) is 11.7 Å². The molecule has 0 spiro atoms. The van der Waals surface area contributed by atoms with Gasteiger partial charge in [0.2, 0.25) is 0 Å². The van der Waals surface area contributed by atoms with Crippen LogP contribution in [0.4, 0.5) is 17.6 Å². The van der Waals surface area contributed by atoms with Gasteiger partial charge < -0.3 is 9.64 Å². The van der Waals surface area contributed by atoms with Crippen molar-refractivity contribution in [2.24, 2.45) is 13.0 Å². The summed E-state index contributed by atoms with van der Waals surface area (Å²) in [7, 11) is 1.86. The zero-order chi connectivity index (χ0) is 23.2. The van der Waals surface area contributed by atoms with Gasteiger partial charge in [0.15, 0.2) is 5.82 Å². The Morgan fingerprint density at radius 1 is 1.12 bits per heavy atom. The van der Waals surface area contributed by atoms with E-state index in [1.165, 1.54) is 6.07 Å². The second-order valence-corrected chi connectivity index (χ2v) is 8.92. The maximum Gasteiger partial charge on any atom is 0.416 e. The van der Waals surface area contributed by atoms with Crippen molar-refractivity contribution in [1.82, 2.24) is 19.7 Å². The number of piperidine rings is 1. The number of ether oxygens (including phenoxy) is 1. The molecule has 5 rings (SSSR count). The van der Waals surface area contributed by atoms with Gasteiger partial charge in [0.25, 0.3) is 0 Å². The highest BCUT2D eigenvalue weighted by Gasteiger charge is 2.61. The third kappa shape index (κ3) is 4.51. The Morgan fingerprint density at radius 2 is 1.88 bits per heavy atom. The Balaban J connectivity index is 0.00000274. The van der Waals surface area contributed by atoms with Gasteiger partial charge >= 0.3 is 12.2 Å². The highest BCUT2D eigenvalue weighted by molar-refractivity contribution is 5.85. The fourth-order valence-electron chi connectivity index (χ4n) is 5.00.